The van der Waals surface area contributed by atoms with Gasteiger partial charge in [0.1, 0.15) is 18.0 Å². The lowest BCUT2D eigenvalue weighted by molar-refractivity contribution is -0.144. The lowest BCUT2D eigenvalue weighted by Gasteiger charge is -2.26. The van der Waals surface area contributed by atoms with Crippen LogP contribution in [-0.4, -0.2) is 41.9 Å². The number of ether oxygens (including phenoxy) is 2. The van der Waals surface area contributed by atoms with Crippen LogP contribution in [0.3, 0.4) is 0 Å². The SMILES string of the molecule is COC(=O)CC(=O)C1CCC(c2ncc(CC(=O)OC)cn2)CC1. The lowest BCUT2D eigenvalue weighted by atomic mass is 9.79. The van der Waals surface area contributed by atoms with Crippen LogP contribution in [0.25, 0.3) is 0 Å². The van der Waals surface area contributed by atoms with E-state index in [2.05, 4.69) is 19.4 Å². The molecule has 0 atom stereocenters. The van der Waals surface area contributed by atoms with Crippen LogP contribution in [0.4, 0.5) is 0 Å². The zero-order valence-corrected chi connectivity index (χ0v) is 14.0. The van der Waals surface area contributed by atoms with Crippen molar-refractivity contribution in [2.75, 3.05) is 14.2 Å². The third-order valence-corrected chi connectivity index (χ3v) is 4.40. The second-order valence-electron chi connectivity index (χ2n) is 5.97. The molecular formula is C17H22N2O5. The van der Waals surface area contributed by atoms with Gasteiger partial charge in [-0.1, -0.05) is 0 Å². The summed E-state index contributed by atoms with van der Waals surface area (Å²) in [6, 6.07) is 0. The molecule has 7 nitrogen and oxygen atoms in total. The topological polar surface area (TPSA) is 95.5 Å². The van der Waals surface area contributed by atoms with Gasteiger partial charge >= 0.3 is 11.9 Å². The molecule has 0 unspecified atom stereocenters. The fourth-order valence-corrected chi connectivity index (χ4v) is 2.94. The maximum Gasteiger partial charge on any atom is 0.313 e. The van der Waals surface area contributed by atoms with Crippen LogP contribution in [-0.2, 0) is 30.3 Å². The van der Waals surface area contributed by atoms with E-state index in [1.54, 1.807) is 12.4 Å². The molecule has 1 aliphatic carbocycles. The quantitative estimate of drug-likeness (QED) is 0.576. The van der Waals surface area contributed by atoms with Gasteiger partial charge in [0.05, 0.1) is 20.6 Å². The Bertz CT molecular complexity index is 592. The van der Waals surface area contributed by atoms with E-state index in [0.29, 0.717) is 5.56 Å². The molecule has 1 aromatic rings. The number of Topliss-reactive ketones (excluding diaryl/α,β-unsaturated/α-hetero) is 1. The molecule has 1 saturated carbocycles. The minimum absolute atomic E-state index is 0.0466. The fourth-order valence-electron chi connectivity index (χ4n) is 2.94. The molecule has 0 aromatic carbocycles. The van der Waals surface area contributed by atoms with E-state index in [0.717, 1.165) is 31.5 Å². The monoisotopic (exact) mass is 334 g/mol. The van der Waals surface area contributed by atoms with Gasteiger partial charge in [-0.05, 0) is 31.2 Å². The van der Waals surface area contributed by atoms with E-state index in [-0.39, 0.29) is 36.4 Å². The number of carbonyl (C=O) groups is 3. The van der Waals surface area contributed by atoms with Gasteiger partial charge < -0.3 is 9.47 Å². The van der Waals surface area contributed by atoms with Crippen molar-refractivity contribution in [2.45, 2.75) is 44.4 Å². The number of carbonyl (C=O) groups excluding carboxylic acids is 3. The Kier molecular flexibility index (Phi) is 6.40. The summed E-state index contributed by atoms with van der Waals surface area (Å²) in [7, 11) is 2.63. The maximum atomic E-state index is 12.0. The van der Waals surface area contributed by atoms with Crippen LogP contribution in [0.2, 0.25) is 0 Å². The first-order valence-corrected chi connectivity index (χ1v) is 8.00. The smallest absolute Gasteiger partial charge is 0.313 e. The lowest BCUT2D eigenvalue weighted by Crippen LogP contribution is -2.24. The standard InChI is InChI=1S/C17H22N2O5/c1-23-15(21)7-11-9-18-17(19-10-11)13-5-3-12(4-6-13)14(20)8-16(22)24-2/h9-10,12-13H,3-8H2,1-2H3. The van der Waals surface area contributed by atoms with Crippen LogP contribution in [0.1, 0.15) is 49.4 Å². The van der Waals surface area contributed by atoms with Crippen molar-refractivity contribution < 1.29 is 23.9 Å². The molecule has 1 aromatic heterocycles. The Morgan fingerprint density at radius 2 is 1.58 bits per heavy atom. The van der Waals surface area contributed by atoms with Crippen molar-refractivity contribution in [1.29, 1.82) is 0 Å². The molecule has 7 heteroatoms. The zero-order chi connectivity index (χ0) is 17.5. The van der Waals surface area contributed by atoms with Gasteiger partial charge in [0, 0.05) is 24.2 Å². The summed E-state index contributed by atoms with van der Waals surface area (Å²) in [6.45, 7) is 0. The highest BCUT2D eigenvalue weighted by Crippen LogP contribution is 2.35. The number of esters is 2. The number of aromatic nitrogens is 2. The molecular weight excluding hydrogens is 312 g/mol. The highest BCUT2D eigenvalue weighted by atomic mass is 16.5. The van der Waals surface area contributed by atoms with Gasteiger partial charge in [-0.25, -0.2) is 9.97 Å². The molecule has 2 rings (SSSR count). The molecule has 130 valence electrons. The van der Waals surface area contributed by atoms with E-state index in [9.17, 15) is 14.4 Å². The van der Waals surface area contributed by atoms with Crippen molar-refractivity contribution in [1.82, 2.24) is 9.97 Å². The summed E-state index contributed by atoms with van der Waals surface area (Å²) in [6.07, 6.45) is 6.39. The molecule has 0 aliphatic heterocycles. The van der Waals surface area contributed by atoms with E-state index < -0.39 is 5.97 Å². The van der Waals surface area contributed by atoms with Gasteiger partial charge in [0.2, 0.25) is 0 Å². The van der Waals surface area contributed by atoms with Gasteiger partial charge in [-0.3, -0.25) is 14.4 Å². The average molecular weight is 334 g/mol. The van der Waals surface area contributed by atoms with Crippen LogP contribution < -0.4 is 0 Å². The van der Waals surface area contributed by atoms with Gasteiger partial charge in [0.25, 0.3) is 0 Å². The zero-order valence-electron chi connectivity index (χ0n) is 14.0. The molecule has 24 heavy (non-hydrogen) atoms. The number of rotatable bonds is 6. The predicted octanol–water partition coefficient (Wildman–Crippen LogP) is 1.60. The molecule has 0 saturated heterocycles. The van der Waals surface area contributed by atoms with Gasteiger partial charge in [0.15, 0.2) is 0 Å². The highest BCUT2D eigenvalue weighted by Gasteiger charge is 2.29. The summed E-state index contributed by atoms with van der Waals surface area (Å²) >= 11 is 0. The number of methoxy groups -OCH3 is 2. The normalized spacial score (nSPS) is 20.2. The summed E-state index contributed by atoms with van der Waals surface area (Å²) in [4.78, 5) is 43.1. The van der Waals surface area contributed by atoms with Crippen LogP contribution in [0, 0.1) is 5.92 Å². The molecule has 1 heterocycles. The van der Waals surface area contributed by atoms with Crippen molar-refractivity contribution in [3.05, 3.63) is 23.8 Å². The summed E-state index contributed by atoms with van der Waals surface area (Å²) in [5, 5.41) is 0. The third kappa shape index (κ3) is 4.84. The van der Waals surface area contributed by atoms with Crippen molar-refractivity contribution in [3.63, 3.8) is 0 Å². The Morgan fingerprint density at radius 1 is 1.00 bits per heavy atom. The number of hydrogen-bond donors (Lipinski definition) is 0. The summed E-state index contributed by atoms with van der Waals surface area (Å²) < 4.78 is 9.15. The molecule has 0 amide bonds. The average Bonchev–Trinajstić information content (AvgIpc) is 2.62. The van der Waals surface area contributed by atoms with Gasteiger partial charge in [-0.2, -0.15) is 0 Å². The van der Waals surface area contributed by atoms with Crippen molar-refractivity contribution in [3.8, 4) is 0 Å². The summed E-state index contributed by atoms with van der Waals surface area (Å²) in [5.74, 6) is 0.0121. The number of hydrogen-bond acceptors (Lipinski definition) is 7. The molecule has 0 spiro atoms. The van der Waals surface area contributed by atoms with E-state index >= 15 is 0 Å². The minimum Gasteiger partial charge on any atom is -0.469 e. The molecule has 0 radical (unpaired) electrons. The van der Waals surface area contributed by atoms with Crippen molar-refractivity contribution >= 4 is 17.7 Å². The minimum atomic E-state index is -0.480. The predicted molar refractivity (Wildman–Crippen MR) is 84.1 cm³/mol. The first-order chi connectivity index (χ1) is 11.5. The molecule has 1 fully saturated rings. The first kappa shape index (κ1) is 18.0. The highest BCUT2D eigenvalue weighted by molar-refractivity contribution is 5.96. The second kappa shape index (κ2) is 8.52. The number of nitrogens with zero attached hydrogens (tertiary/aromatic N) is 2. The first-order valence-electron chi connectivity index (χ1n) is 8.00. The second-order valence-corrected chi connectivity index (χ2v) is 5.97. The van der Waals surface area contributed by atoms with E-state index in [4.69, 9.17) is 0 Å². The van der Waals surface area contributed by atoms with Crippen LogP contribution in [0.5, 0.6) is 0 Å². The Balaban J connectivity index is 1.86. The third-order valence-electron chi connectivity index (χ3n) is 4.40. The van der Waals surface area contributed by atoms with Gasteiger partial charge in [-0.15, -0.1) is 0 Å². The maximum absolute atomic E-state index is 12.0. The molecule has 0 bridgehead atoms. The largest absolute Gasteiger partial charge is 0.469 e. The Labute approximate surface area is 140 Å². The van der Waals surface area contributed by atoms with E-state index in [1.165, 1.54) is 14.2 Å². The summed E-state index contributed by atoms with van der Waals surface area (Å²) in [5.41, 5.74) is 0.715. The number of ketones is 1. The van der Waals surface area contributed by atoms with Crippen LogP contribution in [0.15, 0.2) is 12.4 Å². The Hall–Kier alpha value is -2.31. The van der Waals surface area contributed by atoms with Crippen molar-refractivity contribution in [2.24, 2.45) is 5.92 Å². The molecule has 0 N–H and O–H groups in total. The fraction of sp³-hybridized carbons (Fsp3) is 0.588. The van der Waals surface area contributed by atoms with E-state index in [1.807, 2.05) is 0 Å². The van der Waals surface area contributed by atoms with Crippen LogP contribution >= 0.6 is 0 Å². The molecule has 1 aliphatic rings. The Morgan fingerprint density at radius 3 is 2.12 bits per heavy atom.